The fraction of sp³-hybridized carbons (Fsp3) is 0.0556. The van der Waals surface area contributed by atoms with E-state index in [1.165, 1.54) is 24.3 Å². The first kappa shape index (κ1) is 17.4. The van der Waals surface area contributed by atoms with Crippen molar-refractivity contribution in [1.29, 1.82) is 0 Å². The van der Waals surface area contributed by atoms with Crippen LogP contribution in [0.15, 0.2) is 74.8 Å². The molecule has 3 heterocycles. The molecule has 1 aromatic carbocycles. The Morgan fingerprint density at radius 3 is 2.44 bits per heavy atom. The van der Waals surface area contributed by atoms with Gasteiger partial charge in [-0.05, 0) is 48.5 Å². The minimum Gasteiger partial charge on any atom is -0.455 e. The maximum absolute atomic E-state index is 12.5. The largest absolute Gasteiger partial charge is 0.455 e. The molecule has 0 aliphatic carbocycles. The van der Waals surface area contributed by atoms with E-state index in [4.69, 9.17) is 20.5 Å². The van der Waals surface area contributed by atoms with E-state index in [0.717, 1.165) is 5.56 Å². The first-order valence-electron chi connectivity index (χ1n) is 7.83. The third kappa shape index (κ3) is 3.76. The average molecular weight is 402 g/mol. The molecule has 0 aliphatic rings. The molecule has 3 aromatic heterocycles. The van der Waals surface area contributed by atoms with Crippen LogP contribution in [0.5, 0.6) is 0 Å². The number of aromatic nitrogens is 3. The molecular weight excluding hydrogens is 390 g/mol. The molecule has 0 atom stereocenters. The second-order valence-corrected chi connectivity index (χ2v) is 8.06. The Labute approximate surface area is 159 Å². The minimum atomic E-state index is -3.56. The number of furan rings is 1. The van der Waals surface area contributed by atoms with E-state index in [0.29, 0.717) is 16.6 Å². The van der Waals surface area contributed by atoms with Crippen molar-refractivity contribution >= 4 is 21.4 Å². The van der Waals surface area contributed by atoms with Gasteiger partial charge >= 0.3 is 0 Å². The molecule has 0 amide bonds. The molecule has 7 nitrogen and oxygen atoms in total. The van der Waals surface area contributed by atoms with Gasteiger partial charge in [0.25, 0.3) is 5.89 Å². The van der Waals surface area contributed by atoms with Crippen LogP contribution < -0.4 is 0 Å². The lowest BCUT2D eigenvalue weighted by Crippen LogP contribution is -2.03. The number of rotatable bonds is 5. The number of nitrogens with zero attached hydrogens (tertiary/aromatic N) is 3. The summed E-state index contributed by atoms with van der Waals surface area (Å²) in [5.74, 6) is 0.823. The monoisotopic (exact) mass is 401 g/mol. The molecule has 9 heteroatoms. The first-order valence-corrected chi connectivity index (χ1v) is 9.86. The summed E-state index contributed by atoms with van der Waals surface area (Å²) in [5, 5.41) is 4.37. The van der Waals surface area contributed by atoms with Gasteiger partial charge in [0, 0.05) is 23.0 Å². The standard InChI is InChI=1S/C18H12ClN3O4S/c19-13-1-4-15(5-2-13)27(23,24)11-14-3-6-16(25-14)18-21-17(22-26-18)12-7-9-20-10-8-12/h1-10H,11H2. The van der Waals surface area contributed by atoms with Crippen molar-refractivity contribution in [3.63, 3.8) is 0 Å². The van der Waals surface area contributed by atoms with Gasteiger partial charge in [-0.1, -0.05) is 16.8 Å². The molecule has 4 aromatic rings. The number of benzene rings is 1. The van der Waals surface area contributed by atoms with Crippen molar-refractivity contribution in [2.75, 3.05) is 0 Å². The van der Waals surface area contributed by atoms with Gasteiger partial charge in [0.05, 0.1) is 4.90 Å². The summed E-state index contributed by atoms with van der Waals surface area (Å²) in [6.45, 7) is 0. The smallest absolute Gasteiger partial charge is 0.293 e. The molecule has 0 N–H and O–H groups in total. The van der Waals surface area contributed by atoms with Gasteiger partial charge in [-0.25, -0.2) is 8.42 Å². The summed E-state index contributed by atoms with van der Waals surface area (Å²) in [4.78, 5) is 8.37. The predicted octanol–water partition coefficient (Wildman–Crippen LogP) is 4.02. The third-order valence-corrected chi connectivity index (χ3v) is 5.65. The van der Waals surface area contributed by atoms with Crippen molar-refractivity contribution in [3.8, 4) is 23.0 Å². The molecule has 136 valence electrons. The van der Waals surface area contributed by atoms with Gasteiger partial charge in [-0.15, -0.1) is 0 Å². The van der Waals surface area contributed by atoms with E-state index < -0.39 is 9.84 Å². The van der Waals surface area contributed by atoms with E-state index >= 15 is 0 Å². The molecule has 0 saturated carbocycles. The number of halogens is 1. The second-order valence-electron chi connectivity index (χ2n) is 5.64. The Kier molecular flexibility index (Phi) is 4.51. The van der Waals surface area contributed by atoms with E-state index in [9.17, 15) is 8.42 Å². The first-order chi connectivity index (χ1) is 13.0. The average Bonchev–Trinajstić information content (AvgIpc) is 3.32. The summed E-state index contributed by atoms with van der Waals surface area (Å²) in [5.41, 5.74) is 0.747. The van der Waals surface area contributed by atoms with Gasteiger partial charge in [0.2, 0.25) is 5.82 Å². The number of sulfone groups is 1. The molecule has 0 bridgehead atoms. The summed E-state index contributed by atoms with van der Waals surface area (Å²) in [7, 11) is -3.56. The zero-order valence-electron chi connectivity index (χ0n) is 13.7. The lowest BCUT2D eigenvalue weighted by Gasteiger charge is -2.02. The Hall–Kier alpha value is -2.97. The normalized spacial score (nSPS) is 11.6. The van der Waals surface area contributed by atoms with E-state index in [-0.39, 0.29) is 22.3 Å². The third-order valence-electron chi connectivity index (χ3n) is 3.74. The van der Waals surface area contributed by atoms with Crippen LogP contribution in [0.3, 0.4) is 0 Å². The summed E-state index contributed by atoms with van der Waals surface area (Å²) in [6.07, 6.45) is 3.25. The SMILES string of the molecule is O=S(=O)(Cc1ccc(-c2nc(-c3ccncc3)no2)o1)c1ccc(Cl)cc1. The highest BCUT2D eigenvalue weighted by Gasteiger charge is 2.20. The highest BCUT2D eigenvalue weighted by atomic mass is 35.5. The lowest BCUT2D eigenvalue weighted by molar-refractivity contribution is 0.413. The van der Waals surface area contributed by atoms with Gasteiger partial charge in [0.1, 0.15) is 11.5 Å². The predicted molar refractivity (Wildman–Crippen MR) is 97.6 cm³/mol. The number of pyridine rings is 1. The van der Waals surface area contributed by atoms with Crippen LogP contribution in [0.2, 0.25) is 5.02 Å². The van der Waals surface area contributed by atoms with Crippen LogP contribution >= 0.6 is 11.6 Å². The Bertz CT molecular complexity index is 1170. The van der Waals surface area contributed by atoms with Crippen LogP contribution in [-0.4, -0.2) is 23.5 Å². The molecular formula is C18H12ClN3O4S. The quantitative estimate of drug-likeness (QED) is 0.498. The van der Waals surface area contributed by atoms with Crippen LogP contribution in [0.4, 0.5) is 0 Å². The Morgan fingerprint density at radius 1 is 0.963 bits per heavy atom. The van der Waals surface area contributed by atoms with E-state index in [1.54, 1.807) is 36.7 Å². The molecule has 0 radical (unpaired) electrons. The summed E-state index contributed by atoms with van der Waals surface area (Å²) in [6, 6.07) is 12.6. The topological polar surface area (TPSA) is 99.1 Å². The molecule has 0 unspecified atom stereocenters. The van der Waals surface area contributed by atoms with Crippen LogP contribution in [0.1, 0.15) is 5.76 Å². The number of hydrogen-bond donors (Lipinski definition) is 0. The molecule has 0 aliphatic heterocycles. The highest BCUT2D eigenvalue weighted by molar-refractivity contribution is 7.90. The van der Waals surface area contributed by atoms with E-state index in [2.05, 4.69) is 15.1 Å². The number of hydrogen-bond acceptors (Lipinski definition) is 7. The zero-order chi connectivity index (χ0) is 18.9. The molecule has 0 saturated heterocycles. The van der Waals surface area contributed by atoms with E-state index in [1.807, 2.05) is 0 Å². The highest BCUT2D eigenvalue weighted by Crippen LogP contribution is 2.26. The maximum Gasteiger partial charge on any atom is 0.293 e. The van der Waals surface area contributed by atoms with Gasteiger partial charge in [0.15, 0.2) is 15.6 Å². The molecule has 27 heavy (non-hydrogen) atoms. The second kappa shape index (κ2) is 6.98. The van der Waals surface area contributed by atoms with Crippen molar-refractivity contribution in [2.24, 2.45) is 0 Å². The van der Waals surface area contributed by atoms with Crippen LogP contribution in [0.25, 0.3) is 23.0 Å². The Morgan fingerprint density at radius 2 is 1.70 bits per heavy atom. The zero-order valence-corrected chi connectivity index (χ0v) is 15.3. The molecule has 0 fully saturated rings. The van der Waals surface area contributed by atoms with Gasteiger partial charge in [-0.3, -0.25) is 4.98 Å². The molecule has 4 rings (SSSR count). The minimum absolute atomic E-state index is 0.164. The van der Waals surface area contributed by atoms with Gasteiger partial charge < -0.3 is 8.94 Å². The summed E-state index contributed by atoms with van der Waals surface area (Å²) >= 11 is 5.80. The van der Waals surface area contributed by atoms with Gasteiger partial charge in [-0.2, -0.15) is 4.98 Å². The Balaban J connectivity index is 1.55. The fourth-order valence-corrected chi connectivity index (χ4v) is 3.80. The van der Waals surface area contributed by atoms with Crippen molar-refractivity contribution in [3.05, 3.63) is 71.7 Å². The van der Waals surface area contributed by atoms with Crippen molar-refractivity contribution in [2.45, 2.75) is 10.6 Å². The fourth-order valence-electron chi connectivity index (χ4n) is 2.42. The maximum atomic E-state index is 12.5. The van der Waals surface area contributed by atoms with Crippen LogP contribution in [-0.2, 0) is 15.6 Å². The van der Waals surface area contributed by atoms with Crippen molar-refractivity contribution in [1.82, 2.24) is 15.1 Å². The van der Waals surface area contributed by atoms with Crippen LogP contribution in [0, 0.1) is 0 Å². The van der Waals surface area contributed by atoms with Crippen molar-refractivity contribution < 1.29 is 17.4 Å². The lowest BCUT2D eigenvalue weighted by atomic mass is 10.2. The molecule has 0 spiro atoms. The summed E-state index contributed by atoms with van der Waals surface area (Å²) < 4.78 is 35.8.